The Bertz CT molecular complexity index is 910. The minimum atomic E-state index is -3.72. The Balaban J connectivity index is 2.24. The van der Waals surface area contributed by atoms with Crippen molar-refractivity contribution in [2.75, 3.05) is 25.0 Å². The average molecular weight is 419 g/mol. The Morgan fingerprint density at radius 2 is 1.72 bits per heavy atom. The summed E-state index contributed by atoms with van der Waals surface area (Å²) in [5.74, 6) is 0.171. The quantitative estimate of drug-likeness (QED) is 0.626. The summed E-state index contributed by atoms with van der Waals surface area (Å²) in [6.07, 6.45) is 0.301. The van der Waals surface area contributed by atoms with Crippen LogP contribution in [0.15, 0.2) is 53.4 Å². The molecule has 6 nitrogen and oxygen atoms in total. The molecule has 0 heterocycles. The highest BCUT2D eigenvalue weighted by Crippen LogP contribution is 2.30. The van der Waals surface area contributed by atoms with Crippen LogP contribution in [0.2, 0.25) is 0 Å². The fourth-order valence-corrected chi connectivity index (χ4v) is 4.77. The summed E-state index contributed by atoms with van der Waals surface area (Å²) in [4.78, 5) is 12.6. The molecule has 2 aromatic carbocycles. The molecule has 0 spiro atoms. The van der Waals surface area contributed by atoms with E-state index >= 15 is 0 Å². The topological polar surface area (TPSA) is 75.7 Å². The van der Waals surface area contributed by atoms with Gasteiger partial charge in [-0.3, -0.25) is 4.79 Å². The smallest absolute Gasteiger partial charge is 0.246 e. The second-order valence-electron chi connectivity index (χ2n) is 6.75. The summed E-state index contributed by atoms with van der Waals surface area (Å²) in [6.45, 7) is 8.43. The first-order chi connectivity index (χ1) is 13.8. The van der Waals surface area contributed by atoms with E-state index < -0.39 is 10.0 Å². The molecule has 0 aliphatic rings. The molecule has 0 aliphatic heterocycles. The first-order valence-corrected chi connectivity index (χ1v) is 11.4. The number of carbonyl (C=O) groups is 1. The van der Waals surface area contributed by atoms with Crippen molar-refractivity contribution in [1.29, 1.82) is 0 Å². The SMILES string of the molecule is CCOc1ccc(NC(=O)CC(C)c2ccccc2)cc1S(=O)(=O)N(CC)CC. The minimum absolute atomic E-state index is 0.0535. The van der Waals surface area contributed by atoms with Gasteiger partial charge >= 0.3 is 0 Å². The van der Waals surface area contributed by atoms with Crippen LogP contribution in [-0.2, 0) is 14.8 Å². The monoisotopic (exact) mass is 418 g/mol. The van der Waals surface area contributed by atoms with Gasteiger partial charge in [-0.05, 0) is 36.6 Å². The van der Waals surface area contributed by atoms with E-state index in [9.17, 15) is 13.2 Å². The van der Waals surface area contributed by atoms with E-state index in [1.54, 1.807) is 32.9 Å². The molecule has 0 aliphatic carbocycles. The van der Waals surface area contributed by atoms with Gasteiger partial charge in [-0.25, -0.2) is 8.42 Å². The highest BCUT2D eigenvalue weighted by Gasteiger charge is 2.26. The number of amides is 1. The van der Waals surface area contributed by atoms with Crippen LogP contribution in [0, 0.1) is 0 Å². The van der Waals surface area contributed by atoms with Gasteiger partial charge in [0.25, 0.3) is 0 Å². The van der Waals surface area contributed by atoms with Gasteiger partial charge in [-0.2, -0.15) is 4.31 Å². The third-order valence-electron chi connectivity index (χ3n) is 4.71. The number of hydrogen-bond donors (Lipinski definition) is 1. The Kier molecular flexibility index (Phi) is 8.22. The van der Waals surface area contributed by atoms with E-state index in [-0.39, 0.29) is 22.5 Å². The Labute approximate surface area is 173 Å². The summed E-state index contributed by atoms with van der Waals surface area (Å²) >= 11 is 0. The van der Waals surface area contributed by atoms with Gasteiger partial charge in [0.1, 0.15) is 10.6 Å². The lowest BCUT2D eigenvalue weighted by Crippen LogP contribution is -2.31. The predicted octanol–water partition coefficient (Wildman–Crippen LogP) is 4.25. The summed E-state index contributed by atoms with van der Waals surface area (Å²) in [7, 11) is -3.72. The van der Waals surface area contributed by atoms with Gasteiger partial charge < -0.3 is 10.1 Å². The van der Waals surface area contributed by atoms with Crippen molar-refractivity contribution in [3.05, 3.63) is 54.1 Å². The van der Waals surface area contributed by atoms with Gasteiger partial charge in [-0.15, -0.1) is 0 Å². The molecule has 158 valence electrons. The van der Waals surface area contributed by atoms with Crippen LogP contribution in [0.25, 0.3) is 0 Å². The standard InChI is InChI=1S/C22H30N2O4S/c1-5-24(6-2)29(26,27)21-16-19(13-14-20(21)28-7-3)23-22(25)15-17(4)18-11-9-8-10-12-18/h8-14,16-17H,5-7,15H2,1-4H3,(H,23,25). The largest absolute Gasteiger partial charge is 0.492 e. The van der Waals surface area contributed by atoms with Crippen LogP contribution in [0.4, 0.5) is 5.69 Å². The summed E-state index contributed by atoms with van der Waals surface area (Å²) in [5, 5.41) is 2.82. The van der Waals surface area contributed by atoms with Gasteiger partial charge in [0, 0.05) is 25.2 Å². The van der Waals surface area contributed by atoms with Crippen molar-refractivity contribution >= 4 is 21.6 Å². The molecule has 1 unspecified atom stereocenters. The molecule has 0 saturated carbocycles. The number of nitrogens with one attached hydrogen (secondary N) is 1. The number of sulfonamides is 1. The van der Waals surface area contributed by atoms with Crippen molar-refractivity contribution in [3.63, 3.8) is 0 Å². The van der Waals surface area contributed by atoms with Crippen molar-refractivity contribution in [2.24, 2.45) is 0 Å². The zero-order chi connectivity index (χ0) is 21.4. The first kappa shape index (κ1) is 22.9. The van der Waals surface area contributed by atoms with E-state index in [1.807, 2.05) is 37.3 Å². The molecule has 0 radical (unpaired) electrons. The first-order valence-electron chi connectivity index (χ1n) is 9.95. The normalized spacial score (nSPS) is 12.6. The molecule has 0 saturated heterocycles. The van der Waals surface area contributed by atoms with Crippen LogP contribution in [0.1, 0.15) is 45.6 Å². The van der Waals surface area contributed by atoms with Crippen LogP contribution in [0.3, 0.4) is 0 Å². The third kappa shape index (κ3) is 5.81. The fourth-order valence-electron chi connectivity index (χ4n) is 3.15. The van der Waals surface area contributed by atoms with Crippen LogP contribution in [0.5, 0.6) is 5.75 Å². The maximum atomic E-state index is 13.0. The average Bonchev–Trinajstić information content (AvgIpc) is 2.70. The highest BCUT2D eigenvalue weighted by molar-refractivity contribution is 7.89. The van der Waals surface area contributed by atoms with E-state index in [2.05, 4.69) is 5.32 Å². The maximum Gasteiger partial charge on any atom is 0.246 e. The lowest BCUT2D eigenvalue weighted by atomic mass is 9.97. The predicted molar refractivity (Wildman–Crippen MR) is 116 cm³/mol. The maximum absolute atomic E-state index is 13.0. The molecule has 0 fully saturated rings. The molecule has 7 heteroatoms. The molecule has 0 bridgehead atoms. The zero-order valence-corrected chi connectivity index (χ0v) is 18.3. The van der Waals surface area contributed by atoms with Gasteiger partial charge in [0.15, 0.2) is 0 Å². The number of benzene rings is 2. The Hall–Kier alpha value is -2.38. The Morgan fingerprint density at radius 1 is 1.07 bits per heavy atom. The van der Waals surface area contributed by atoms with Crippen molar-refractivity contribution in [3.8, 4) is 5.75 Å². The van der Waals surface area contributed by atoms with E-state index in [4.69, 9.17) is 4.74 Å². The van der Waals surface area contributed by atoms with Gasteiger partial charge in [-0.1, -0.05) is 51.1 Å². The van der Waals surface area contributed by atoms with Crippen molar-refractivity contribution in [1.82, 2.24) is 4.31 Å². The highest BCUT2D eigenvalue weighted by atomic mass is 32.2. The molecule has 2 rings (SSSR count). The summed E-state index contributed by atoms with van der Waals surface area (Å²) < 4.78 is 32.9. The molecule has 29 heavy (non-hydrogen) atoms. The second-order valence-corrected chi connectivity index (χ2v) is 8.65. The lowest BCUT2D eigenvalue weighted by molar-refractivity contribution is -0.116. The molecular weight excluding hydrogens is 388 g/mol. The molecule has 0 aromatic heterocycles. The van der Waals surface area contributed by atoms with Crippen LogP contribution < -0.4 is 10.1 Å². The van der Waals surface area contributed by atoms with E-state index in [0.717, 1.165) is 5.56 Å². The van der Waals surface area contributed by atoms with Crippen molar-refractivity contribution < 1.29 is 17.9 Å². The molecule has 1 N–H and O–H groups in total. The number of carbonyl (C=O) groups excluding carboxylic acids is 1. The Morgan fingerprint density at radius 3 is 2.31 bits per heavy atom. The number of ether oxygens (including phenoxy) is 1. The van der Waals surface area contributed by atoms with E-state index in [0.29, 0.717) is 31.8 Å². The number of hydrogen-bond acceptors (Lipinski definition) is 4. The fraction of sp³-hybridized carbons (Fsp3) is 0.409. The van der Waals surface area contributed by atoms with Gasteiger partial charge in [0.2, 0.25) is 15.9 Å². The summed E-state index contributed by atoms with van der Waals surface area (Å²) in [5.41, 5.74) is 1.52. The van der Waals surface area contributed by atoms with E-state index in [1.165, 1.54) is 10.4 Å². The van der Waals surface area contributed by atoms with Gasteiger partial charge in [0.05, 0.1) is 6.61 Å². The van der Waals surface area contributed by atoms with Crippen LogP contribution in [-0.4, -0.2) is 38.3 Å². The van der Waals surface area contributed by atoms with Crippen molar-refractivity contribution in [2.45, 2.75) is 44.9 Å². The lowest BCUT2D eigenvalue weighted by Gasteiger charge is -2.21. The molecule has 1 atom stereocenters. The second kappa shape index (κ2) is 10.4. The number of nitrogens with zero attached hydrogens (tertiary/aromatic N) is 1. The third-order valence-corrected chi connectivity index (χ3v) is 6.78. The molecular formula is C22H30N2O4S. The minimum Gasteiger partial charge on any atom is -0.492 e. The molecule has 2 aromatic rings. The summed E-state index contributed by atoms with van der Waals surface area (Å²) in [6, 6.07) is 14.5. The van der Waals surface area contributed by atoms with Crippen LogP contribution >= 0.6 is 0 Å². The number of rotatable bonds is 10. The molecule has 1 amide bonds. The zero-order valence-electron chi connectivity index (χ0n) is 17.5. The number of anilines is 1.